The largest absolute Gasteiger partial charge is 0.480 e. The monoisotopic (exact) mass is 347 g/mol. The molecule has 0 saturated heterocycles. The van der Waals surface area contributed by atoms with E-state index >= 15 is 0 Å². The van der Waals surface area contributed by atoms with Gasteiger partial charge in [-0.25, -0.2) is 0 Å². The number of rotatable bonds is 5. The second-order valence-electron chi connectivity index (χ2n) is 4.60. The normalized spacial score (nSPS) is 10.6. The molecule has 4 nitrogen and oxygen atoms in total. The van der Waals surface area contributed by atoms with Gasteiger partial charge in [-0.2, -0.15) is 0 Å². The number of aliphatic carboxylic acids is 1. The van der Waals surface area contributed by atoms with Crippen LogP contribution in [0.2, 0.25) is 5.02 Å². The number of carboxylic acids is 1. The molecule has 0 saturated carbocycles. The van der Waals surface area contributed by atoms with Crippen molar-refractivity contribution >= 4 is 39.4 Å². The summed E-state index contributed by atoms with van der Waals surface area (Å²) < 4.78 is 0.766. The average Bonchev–Trinajstić information content (AvgIpc) is 2.26. The fourth-order valence-corrected chi connectivity index (χ4v) is 2.41. The second kappa shape index (κ2) is 6.91. The number of hydrogen-bond donors (Lipinski definition) is 1. The Balaban J connectivity index is 3.00. The zero-order valence-corrected chi connectivity index (χ0v) is 13.0. The van der Waals surface area contributed by atoms with E-state index in [0.29, 0.717) is 17.1 Å². The van der Waals surface area contributed by atoms with E-state index < -0.39 is 5.97 Å². The Morgan fingerprint density at radius 3 is 2.53 bits per heavy atom. The van der Waals surface area contributed by atoms with E-state index in [9.17, 15) is 9.59 Å². The number of carbonyl (C=O) groups is 2. The lowest BCUT2D eigenvalue weighted by Gasteiger charge is -2.23. The van der Waals surface area contributed by atoms with Crippen LogP contribution in [-0.4, -0.2) is 35.0 Å². The molecule has 1 aromatic rings. The first-order valence-electron chi connectivity index (χ1n) is 5.77. The van der Waals surface area contributed by atoms with Crippen LogP contribution < -0.4 is 0 Å². The van der Waals surface area contributed by atoms with Gasteiger partial charge in [0.25, 0.3) is 5.91 Å². The Hall–Kier alpha value is -1.07. The molecule has 0 spiro atoms. The molecule has 1 rings (SSSR count). The van der Waals surface area contributed by atoms with Gasteiger partial charge in [0.05, 0.1) is 10.6 Å². The van der Waals surface area contributed by atoms with Gasteiger partial charge < -0.3 is 10.0 Å². The smallest absolute Gasteiger partial charge is 0.323 e. The third-order valence-corrected chi connectivity index (χ3v) is 3.17. The van der Waals surface area contributed by atoms with E-state index in [4.69, 9.17) is 16.7 Å². The maximum atomic E-state index is 12.3. The van der Waals surface area contributed by atoms with Gasteiger partial charge in [0.2, 0.25) is 0 Å². The van der Waals surface area contributed by atoms with Crippen molar-refractivity contribution in [3.8, 4) is 0 Å². The van der Waals surface area contributed by atoms with E-state index in [0.717, 1.165) is 4.47 Å². The van der Waals surface area contributed by atoms with Crippen molar-refractivity contribution < 1.29 is 14.7 Å². The van der Waals surface area contributed by atoms with Gasteiger partial charge in [0, 0.05) is 11.0 Å². The Kier molecular flexibility index (Phi) is 5.82. The molecule has 1 N–H and O–H groups in total. The number of carbonyl (C=O) groups excluding carboxylic acids is 1. The Morgan fingerprint density at radius 2 is 2.05 bits per heavy atom. The minimum atomic E-state index is -1.04. The van der Waals surface area contributed by atoms with Gasteiger partial charge in [0.1, 0.15) is 6.54 Å². The van der Waals surface area contributed by atoms with Crippen LogP contribution in [-0.2, 0) is 4.79 Å². The molecule has 0 aliphatic carbocycles. The molecule has 0 unspecified atom stereocenters. The summed E-state index contributed by atoms with van der Waals surface area (Å²) in [4.78, 5) is 24.4. The summed E-state index contributed by atoms with van der Waals surface area (Å²) in [6.45, 7) is 3.89. The van der Waals surface area contributed by atoms with Gasteiger partial charge in [-0.1, -0.05) is 41.4 Å². The molecule has 1 amide bonds. The summed E-state index contributed by atoms with van der Waals surface area (Å²) >= 11 is 9.28. The van der Waals surface area contributed by atoms with Crippen LogP contribution >= 0.6 is 27.5 Å². The maximum absolute atomic E-state index is 12.3. The molecule has 0 aliphatic heterocycles. The van der Waals surface area contributed by atoms with E-state index in [1.807, 2.05) is 13.8 Å². The first-order valence-corrected chi connectivity index (χ1v) is 6.94. The summed E-state index contributed by atoms with van der Waals surface area (Å²) in [5.41, 5.74) is 0.312. The molecular weight excluding hydrogens is 334 g/mol. The summed E-state index contributed by atoms with van der Waals surface area (Å²) in [5, 5.41) is 9.18. The standard InChI is InChI=1S/C13H15BrClNO3/c1-8(2)6-16(7-12(17)18)13(19)10-4-3-9(14)5-11(10)15/h3-5,8H,6-7H2,1-2H3,(H,17,18). The van der Waals surface area contributed by atoms with Crippen LogP contribution in [0.3, 0.4) is 0 Å². The Bertz CT molecular complexity index is 491. The lowest BCUT2D eigenvalue weighted by atomic mass is 10.1. The van der Waals surface area contributed by atoms with Crippen molar-refractivity contribution in [1.82, 2.24) is 4.90 Å². The number of nitrogens with zero attached hydrogens (tertiary/aromatic N) is 1. The van der Waals surface area contributed by atoms with Crippen LogP contribution in [0, 0.1) is 5.92 Å². The summed E-state index contributed by atoms with van der Waals surface area (Å²) in [6.07, 6.45) is 0. The van der Waals surface area contributed by atoms with Crippen LogP contribution in [0.25, 0.3) is 0 Å². The van der Waals surface area contributed by atoms with Gasteiger partial charge in [-0.3, -0.25) is 9.59 Å². The first kappa shape index (κ1) is 16.0. The molecule has 0 heterocycles. The third kappa shape index (κ3) is 4.84. The van der Waals surface area contributed by atoms with E-state index in [1.54, 1.807) is 18.2 Å². The highest BCUT2D eigenvalue weighted by molar-refractivity contribution is 9.10. The molecule has 0 fully saturated rings. The molecule has 0 atom stereocenters. The molecule has 6 heteroatoms. The summed E-state index contributed by atoms with van der Waals surface area (Å²) in [5.74, 6) is -1.23. The molecule has 19 heavy (non-hydrogen) atoms. The third-order valence-electron chi connectivity index (χ3n) is 2.36. The molecule has 0 bridgehead atoms. The highest BCUT2D eigenvalue weighted by Gasteiger charge is 2.21. The number of halogens is 2. The summed E-state index contributed by atoms with van der Waals surface area (Å²) in [6, 6.07) is 4.90. The van der Waals surface area contributed by atoms with Crippen LogP contribution in [0.1, 0.15) is 24.2 Å². The molecule has 0 radical (unpaired) electrons. The van der Waals surface area contributed by atoms with Gasteiger partial charge in [-0.15, -0.1) is 0 Å². The molecular formula is C13H15BrClNO3. The second-order valence-corrected chi connectivity index (χ2v) is 5.92. The van der Waals surface area contributed by atoms with E-state index in [1.165, 1.54) is 4.90 Å². The van der Waals surface area contributed by atoms with Crippen molar-refractivity contribution in [2.75, 3.05) is 13.1 Å². The quantitative estimate of drug-likeness (QED) is 0.888. The van der Waals surface area contributed by atoms with Crippen molar-refractivity contribution in [2.24, 2.45) is 5.92 Å². The van der Waals surface area contributed by atoms with Crippen LogP contribution in [0.15, 0.2) is 22.7 Å². The minimum absolute atomic E-state index is 0.178. The number of carboxylic acid groups (broad SMARTS) is 1. The minimum Gasteiger partial charge on any atom is -0.480 e. The van der Waals surface area contributed by atoms with Gasteiger partial charge in [-0.05, 0) is 24.1 Å². The average molecular weight is 349 g/mol. The molecule has 0 aromatic heterocycles. The number of benzene rings is 1. The van der Waals surface area contributed by atoms with Crippen LogP contribution in [0.5, 0.6) is 0 Å². The lowest BCUT2D eigenvalue weighted by molar-refractivity contribution is -0.137. The molecule has 1 aromatic carbocycles. The highest BCUT2D eigenvalue weighted by Crippen LogP contribution is 2.23. The predicted molar refractivity (Wildman–Crippen MR) is 77.5 cm³/mol. The van der Waals surface area contributed by atoms with E-state index in [-0.39, 0.29) is 18.4 Å². The summed E-state index contributed by atoms with van der Waals surface area (Å²) in [7, 11) is 0. The topological polar surface area (TPSA) is 57.6 Å². The van der Waals surface area contributed by atoms with Crippen molar-refractivity contribution in [3.63, 3.8) is 0 Å². The SMILES string of the molecule is CC(C)CN(CC(=O)O)C(=O)c1ccc(Br)cc1Cl. The zero-order valence-electron chi connectivity index (χ0n) is 10.7. The Labute approximate surface area is 125 Å². The van der Waals surface area contributed by atoms with Crippen LogP contribution in [0.4, 0.5) is 0 Å². The molecule has 0 aliphatic rings. The zero-order chi connectivity index (χ0) is 14.6. The van der Waals surface area contributed by atoms with Crippen molar-refractivity contribution in [2.45, 2.75) is 13.8 Å². The fraction of sp³-hybridized carbons (Fsp3) is 0.385. The predicted octanol–water partition coefficient (Wildman–Crippen LogP) is 3.29. The van der Waals surface area contributed by atoms with Gasteiger partial charge >= 0.3 is 5.97 Å². The first-order chi connectivity index (χ1) is 8.81. The van der Waals surface area contributed by atoms with Crippen molar-refractivity contribution in [3.05, 3.63) is 33.3 Å². The number of amides is 1. The molecule has 104 valence electrons. The maximum Gasteiger partial charge on any atom is 0.323 e. The number of hydrogen-bond acceptors (Lipinski definition) is 2. The van der Waals surface area contributed by atoms with Crippen molar-refractivity contribution in [1.29, 1.82) is 0 Å². The highest BCUT2D eigenvalue weighted by atomic mass is 79.9. The fourth-order valence-electron chi connectivity index (χ4n) is 1.66. The lowest BCUT2D eigenvalue weighted by Crippen LogP contribution is -2.38. The van der Waals surface area contributed by atoms with Gasteiger partial charge in [0.15, 0.2) is 0 Å². The Morgan fingerprint density at radius 1 is 1.42 bits per heavy atom. The van der Waals surface area contributed by atoms with E-state index in [2.05, 4.69) is 15.9 Å².